The van der Waals surface area contributed by atoms with Gasteiger partial charge in [-0.3, -0.25) is 0 Å². The van der Waals surface area contributed by atoms with Gasteiger partial charge in [0.15, 0.2) is 0 Å². The van der Waals surface area contributed by atoms with Crippen LogP contribution in [0.25, 0.3) is 0 Å². The summed E-state index contributed by atoms with van der Waals surface area (Å²) in [6.07, 6.45) is 1.45. The minimum Gasteiger partial charge on any atom is -0.414 e. The van der Waals surface area contributed by atoms with Crippen LogP contribution in [0, 0.1) is 0 Å². The van der Waals surface area contributed by atoms with Gasteiger partial charge in [-0.15, -0.1) is 0 Å². The zero-order valence-electron chi connectivity index (χ0n) is 4.52. The lowest BCUT2D eigenvalue weighted by molar-refractivity contribution is 0.0972. The summed E-state index contributed by atoms with van der Waals surface area (Å²) in [4.78, 5) is 0. The number of rotatable bonds is 0. The van der Waals surface area contributed by atoms with Crippen LogP contribution in [0.1, 0.15) is 13.3 Å². The van der Waals surface area contributed by atoms with Crippen molar-refractivity contribution in [2.75, 3.05) is 6.61 Å². The first-order valence-corrected chi connectivity index (χ1v) is 2.59. The molecule has 0 spiro atoms. The smallest absolute Gasteiger partial charge is 0.414 e. The van der Waals surface area contributed by atoms with Gasteiger partial charge in [0.1, 0.15) is 0 Å². The summed E-state index contributed by atoms with van der Waals surface area (Å²) >= 11 is 0. The maximum absolute atomic E-state index is 5.06. The van der Waals surface area contributed by atoms with E-state index in [4.69, 9.17) is 9.31 Å². The largest absolute Gasteiger partial charge is 0.438 e. The average molecular weight is 99.9 g/mol. The molecule has 0 amide bonds. The Morgan fingerprint density at radius 2 is 2.57 bits per heavy atom. The van der Waals surface area contributed by atoms with E-state index in [0.717, 1.165) is 13.0 Å². The van der Waals surface area contributed by atoms with Crippen molar-refractivity contribution in [2.24, 2.45) is 0 Å². The third kappa shape index (κ3) is 1.49. The van der Waals surface area contributed by atoms with Crippen molar-refractivity contribution >= 4 is 7.69 Å². The molecule has 40 valence electrons. The molecule has 1 aliphatic heterocycles. The Kier molecular flexibility index (Phi) is 1.71. The molecule has 0 bridgehead atoms. The van der Waals surface area contributed by atoms with Crippen LogP contribution in [0.15, 0.2) is 0 Å². The lowest BCUT2D eigenvalue weighted by Crippen LogP contribution is -2.22. The van der Waals surface area contributed by atoms with E-state index >= 15 is 0 Å². The van der Waals surface area contributed by atoms with Gasteiger partial charge >= 0.3 is 7.69 Å². The Labute approximate surface area is 44.1 Å². The van der Waals surface area contributed by atoms with Crippen LogP contribution >= 0.6 is 0 Å². The highest BCUT2D eigenvalue weighted by atomic mass is 16.6. The predicted molar refractivity (Wildman–Crippen MR) is 28.3 cm³/mol. The summed E-state index contributed by atoms with van der Waals surface area (Å²) < 4.78 is 9.97. The van der Waals surface area contributed by atoms with Gasteiger partial charge in [0.25, 0.3) is 0 Å². The van der Waals surface area contributed by atoms with E-state index < -0.39 is 0 Å². The van der Waals surface area contributed by atoms with Gasteiger partial charge in [-0.1, -0.05) is 0 Å². The molecular weight excluding hydrogens is 90.9 g/mol. The summed E-state index contributed by atoms with van der Waals surface area (Å²) in [6.45, 7) is 2.92. The van der Waals surface area contributed by atoms with E-state index in [2.05, 4.69) is 6.92 Å². The summed E-state index contributed by atoms with van der Waals surface area (Å²) in [5.74, 6) is 0. The Morgan fingerprint density at radius 3 is 2.86 bits per heavy atom. The molecule has 1 saturated heterocycles. The Hall–Kier alpha value is -0.0151. The van der Waals surface area contributed by atoms with E-state index in [9.17, 15) is 0 Å². The highest BCUT2D eigenvalue weighted by Crippen LogP contribution is 2.01. The van der Waals surface area contributed by atoms with Gasteiger partial charge in [0.2, 0.25) is 0 Å². The van der Waals surface area contributed by atoms with Gasteiger partial charge in [-0.05, 0) is 13.3 Å². The molecule has 0 aromatic heterocycles. The monoisotopic (exact) mass is 100 g/mol. The number of hydrogen-bond donors (Lipinski definition) is 0. The first kappa shape index (κ1) is 5.13. The first-order valence-electron chi connectivity index (χ1n) is 2.59. The molecule has 1 unspecified atom stereocenters. The quantitative estimate of drug-likeness (QED) is 0.401. The Bertz CT molecular complexity index is 51.7. The molecule has 3 heteroatoms. The van der Waals surface area contributed by atoms with Crippen LogP contribution in [-0.4, -0.2) is 20.4 Å². The summed E-state index contributed by atoms with van der Waals surface area (Å²) in [6, 6.07) is 0. The average Bonchev–Trinajstić information content (AvgIpc) is 1.69. The second-order valence-corrected chi connectivity index (χ2v) is 1.79. The van der Waals surface area contributed by atoms with Crippen LogP contribution in [0.4, 0.5) is 0 Å². The second-order valence-electron chi connectivity index (χ2n) is 1.79. The van der Waals surface area contributed by atoms with Crippen LogP contribution < -0.4 is 0 Å². The van der Waals surface area contributed by atoms with Crippen molar-refractivity contribution in [3.63, 3.8) is 0 Å². The second kappa shape index (κ2) is 2.33. The van der Waals surface area contributed by atoms with E-state index in [0.29, 0.717) is 13.8 Å². The maximum atomic E-state index is 5.06. The summed E-state index contributed by atoms with van der Waals surface area (Å²) in [5.41, 5.74) is 0. The van der Waals surface area contributed by atoms with Crippen LogP contribution in [0.5, 0.6) is 0 Å². The fourth-order valence-corrected chi connectivity index (χ4v) is 0.556. The van der Waals surface area contributed by atoms with Crippen molar-refractivity contribution in [2.45, 2.75) is 19.4 Å². The molecule has 1 atom stereocenters. The molecule has 0 radical (unpaired) electrons. The minimum absolute atomic E-state index is 0.411. The molecule has 1 aliphatic rings. The third-order valence-corrected chi connectivity index (χ3v) is 1.10. The molecule has 0 aromatic carbocycles. The summed E-state index contributed by atoms with van der Waals surface area (Å²) in [5, 5.41) is 0. The maximum Gasteiger partial charge on any atom is 0.438 e. The third-order valence-electron chi connectivity index (χ3n) is 1.10. The predicted octanol–water partition coefficient (Wildman–Crippen LogP) is 0.0783. The molecular formula is C4H9BO2. The molecule has 1 fully saturated rings. The molecule has 0 aromatic rings. The van der Waals surface area contributed by atoms with E-state index in [1.54, 1.807) is 0 Å². The molecule has 7 heavy (non-hydrogen) atoms. The zero-order chi connectivity index (χ0) is 5.11. The molecule has 0 saturated carbocycles. The van der Waals surface area contributed by atoms with E-state index in [-0.39, 0.29) is 0 Å². The van der Waals surface area contributed by atoms with Crippen molar-refractivity contribution < 1.29 is 9.31 Å². The Morgan fingerprint density at radius 1 is 1.71 bits per heavy atom. The Balaban J connectivity index is 2.12. The van der Waals surface area contributed by atoms with Crippen LogP contribution in [0.3, 0.4) is 0 Å². The molecule has 1 rings (SSSR count). The lowest BCUT2D eigenvalue weighted by Gasteiger charge is -2.17. The normalized spacial score (nSPS) is 31.9. The van der Waals surface area contributed by atoms with Crippen LogP contribution in [0.2, 0.25) is 0 Å². The minimum atomic E-state index is 0.411. The molecule has 0 aliphatic carbocycles. The van der Waals surface area contributed by atoms with Gasteiger partial charge in [0.05, 0.1) is 0 Å². The highest BCUT2D eigenvalue weighted by molar-refractivity contribution is 6.18. The van der Waals surface area contributed by atoms with E-state index in [1.165, 1.54) is 0 Å². The SMILES string of the molecule is CC1CCOBO1. The van der Waals surface area contributed by atoms with Crippen molar-refractivity contribution in [3.8, 4) is 0 Å². The molecule has 0 N–H and O–H groups in total. The molecule has 2 nitrogen and oxygen atoms in total. The first-order chi connectivity index (χ1) is 3.39. The summed E-state index contributed by atoms with van der Waals surface area (Å²) in [7, 11) is 0.487. The van der Waals surface area contributed by atoms with Crippen LogP contribution in [-0.2, 0) is 9.31 Å². The number of hydrogen-bond acceptors (Lipinski definition) is 2. The standard InChI is InChI=1S/C4H9BO2/c1-4-2-3-6-5-7-4/h4-5H,2-3H2,1H3. The van der Waals surface area contributed by atoms with Crippen molar-refractivity contribution in [1.82, 2.24) is 0 Å². The molecule has 1 heterocycles. The fourth-order valence-electron chi connectivity index (χ4n) is 0.556. The van der Waals surface area contributed by atoms with Crippen molar-refractivity contribution in [1.29, 1.82) is 0 Å². The van der Waals surface area contributed by atoms with Gasteiger partial charge in [0, 0.05) is 12.7 Å². The van der Waals surface area contributed by atoms with E-state index in [1.807, 2.05) is 0 Å². The van der Waals surface area contributed by atoms with Gasteiger partial charge in [-0.2, -0.15) is 0 Å². The highest BCUT2D eigenvalue weighted by Gasteiger charge is 2.08. The van der Waals surface area contributed by atoms with Gasteiger partial charge < -0.3 is 9.31 Å². The topological polar surface area (TPSA) is 18.5 Å². The lowest BCUT2D eigenvalue weighted by atomic mass is 10.2. The zero-order valence-corrected chi connectivity index (χ0v) is 4.52. The van der Waals surface area contributed by atoms with Gasteiger partial charge in [-0.25, -0.2) is 0 Å². The van der Waals surface area contributed by atoms with Crippen molar-refractivity contribution in [3.05, 3.63) is 0 Å². The fraction of sp³-hybridized carbons (Fsp3) is 1.00.